The van der Waals surface area contributed by atoms with Crippen molar-refractivity contribution in [2.75, 3.05) is 12.0 Å². The van der Waals surface area contributed by atoms with E-state index in [2.05, 4.69) is 0 Å². The first-order chi connectivity index (χ1) is 4.18. The molecule has 0 aliphatic heterocycles. The normalized spacial score (nSPS) is 8.10. The summed E-state index contributed by atoms with van der Waals surface area (Å²) in [6.45, 7) is 0. The molecule has 3 nitrogen and oxygen atoms in total. The largest absolute Gasteiger partial charge is 1.00 e. The second-order valence-electron chi connectivity index (χ2n) is 1.45. The van der Waals surface area contributed by atoms with Gasteiger partial charge >= 0.3 is 29.6 Å². The first kappa shape index (κ1) is 13.1. The number of aliphatic carboxylic acids is 1. The quantitative estimate of drug-likeness (QED) is 0.319. The first-order valence-corrected chi connectivity index (χ1v) is 3.81. The fraction of sp³-hybridized carbons (Fsp3) is 0.600. The third-order valence-electron chi connectivity index (χ3n) is 0.761. The molecule has 0 amide bonds. The van der Waals surface area contributed by atoms with Crippen molar-refractivity contribution in [1.82, 2.24) is 0 Å². The Labute approximate surface area is 85.9 Å². The molecule has 0 N–H and O–H groups in total. The van der Waals surface area contributed by atoms with Crippen LogP contribution in [0.4, 0.5) is 0 Å². The molecular formula is C5H7NaO3S. The third-order valence-corrected chi connectivity index (χ3v) is 1.37. The van der Waals surface area contributed by atoms with Crippen molar-refractivity contribution >= 4 is 23.5 Å². The van der Waals surface area contributed by atoms with Gasteiger partial charge < -0.3 is 9.90 Å². The van der Waals surface area contributed by atoms with Gasteiger partial charge in [0.15, 0.2) is 5.78 Å². The minimum Gasteiger partial charge on any atom is -0.542 e. The van der Waals surface area contributed by atoms with E-state index in [1.807, 2.05) is 6.26 Å². The summed E-state index contributed by atoms with van der Waals surface area (Å²) in [7, 11) is 0. The SMILES string of the molecule is CSCCC(=O)C(=O)[O-].[Na+]. The molecule has 0 radical (unpaired) electrons. The molecule has 0 rings (SSSR count). The van der Waals surface area contributed by atoms with Crippen molar-refractivity contribution in [3.05, 3.63) is 0 Å². The molecule has 52 valence electrons. The Kier molecular flexibility index (Phi) is 9.96. The van der Waals surface area contributed by atoms with E-state index in [4.69, 9.17) is 0 Å². The van der Waals surface area contributed by atoms with E-state index in [9.17, 15) is 14.7 Å². The van der Waals surface area contributed by atoms with Crippen LogP contribution in [0.1, 0.15) is 6.42 Å². The number of carboxylic acids is 1. The summed E-state index contributed by atoms with van der Waals surface area (Å²) in [5, 5.41) is 9.74. The molecule has 0 aromatic carbocycles. The Balaban J connectivity index is 0. The molecule has 10 heavy (non-hydrogen) atoms. The van der Waals surface area contributed by atoms with Gasteiger partial charge in [-0.1, -0.05) is 0 Å². The Hall–Kier alpha value is 0.490. The zero-order valence-electron chi connectivity index (χ0n) is 6.05. The van der Waals surface area contributed by atoms with Crippen molar-refractivity contribution in [2.45, 2.75) is 6.42 Å². The van der Waals surface area contributed by atoms with E-state index in [0.29, 0.717) is 5.75 Å². The number of carboxylic acid groups (broad SMARTS) is 1. The van der Waals surface area contributed by atoms with Gasteiger partial charge in [-0.25, -0.2) is 0 Å². The van der Waals surface area contributed by atoms with Gasteiger partial charge in [-0.3, -0.25) is 4.79 Å². The number of hydrogen-bond acceptors (Lipinski definition) is 4. The van der Waals surface area contributed by atoms with Gasteiger partial charge in [0.25, 0.3) is 0 Å². The predicted octanol–water partition coefficient (Wildman–Crippen LogP) is -3.94. The molecular weight excluding hydrogens is 163 g/mol. The molecule has 0 saturated carbocycles. The second-order valence-corrected chi connectivity index (χ2v) is 2.44. The van der Waals surface area contributed by atoms with Crippen LogP contribution in [0.25, 0.3) is 0 Å². The fourth-order valence-corrected chi connectivity index (χ4v) is 0.686. The number of hydrogen-bond donors (Lipinski definition) is 0. The van der Waals surface area contributed by atoms with Crippen molar-refractivity contribution in [1.29, 1.82) is 0 Å². The standard InChI is InChI=1S/C5H8O3S.Na/c1-9-3-2-4(6)5(7)8;/h2-3H2,1H3,(H,7,8);/q;+1/p-1. The van der Waals surface area contributed by atoms with E-state index in [0.717, 1.165) is 0 Å². The molecule has 0 aromatic rings. The molecule has 0 aliphatic carbocycles. The number of rotatable bonds is 4. The summed E-state index contributed by atoms with van der Waals surface area (Å²) >= 11 is 1.44. The smallest absolute Gasteiger partial charge is 0.542 e. The van der Waals surface area contributed by atoms with Crippen LogP contribution in [0, 0.1) is 0 Å². The molecule has 0 aliphatic rings. The van der Waals surface area contributed by atoms with E-state index < -0.39 is 11.8 Å². The van der Waals surface area contributed by atoms with Crippen LogP contribution in [0.15, 0.2) is 0 Å². The van der Waals surface area contributed by atoms with Gasteiger partial charge in [-0.05, 0) is 6.26 Å². The van der Waals surface area contributed by atoms with E-state index in [1.54, 1.807) is 0 Å². The number of Topliss-reactive ketones (excluding diaryl/α,β-unsaturated/α-hetero) is 1. The fourth-order valence-electron chi connectivity index (χ4n) is 0.297. The van der Waals surface area contributed by atoms with Crippen LogP contribution in [0.3, 0.4) is 0 Å². The molecule has 0 atom stereocenters. The molecule has 0 fully saturated rings. The minimum atomic E-state index is -1.58. The van der Waals surface area contributed by atoms with E-state index in [-0.39, 0.29) is 36.0 Å². The first-order valence-electron chi connectivity index (χ1n) is 2.41. The van der Waals surface area contributed by atoms with Crippen LogP contribution < -0.4 is 34.7 Å². The maximum absolute atomic E-state index is 10.2. The van der Waals surface area contributed by atoms with Crippen molar-refractivity contribution in [3.63, 3.8) is 0 Å². The topological polar surface area (TPSA) is 57.2 Å². The minimum absolute atomic E-state index is 0. The summed E-state index contributed by atoms with van der Waals surface area (Å²) in [5.74, 6) is -1.85. The Morgan fingerprint density at radius 2 is 2.00 bits per heavy atom. The number of carbonyl (C=O) groups excluding carboxylic acids is 2. The maximum atomic E-state index is 10.2. The van der Waals surface area contributed by atoms with Crippen molar-refractivity contribution in [2.24, 2.45) is 0 Å². The summed E-state index contributed by atoms with van der Waals surface area (Å²) in [6, 6.07) is 0. The molecule has 0 bridgehead atoms. The average molecular weight is 170 g/mol. The van der Waals surface area contributed by atoms with Crippen LogP contribution >= 0.6 is 11.8 Å². The van der Waals surface area contributed by atoms with Crippen LogP contribution in [-0.4, -0.2) is 23.8 Å². The van der Waals surface area contributed by atoms with Gasteiger partial charge in [0.05, 0.1) is 0 Å². The summed E-state index contributed by atoms with van der Waals surface area (Å²) in [4.78, 5) is 20.0. The van der Waals surface area contributed by atoms with Gasteiger partial charge in [0.2, 0.25) is 0 Å². The monoisotopic (exact) mass is 170 g/mol. The average Bonchev–Trinajstić information content (AvgIpc) is 1.82. The molecule has 0 saturated heterocycles. The molecule has 0 spiro atoms. The molecule has 5 heteroatoms. The predicted molar refractivity (Wildman–Crippen MR) is 33.0 cm³/mol. The summed E-state index contributed by atoms with van der Waals surface area (Å²) < 4.78 is 0. The summed E-state index contributed by atoms with van der Waals surface area (Å²) in [6.07, 6.45) is 1.88. The van der Waals surface area contributed by atoms with Gasteiger partial charge in [-0.15, -0.1) is 0 Å². The van der Waals surface area contributed by atoms with E-state index in [1.165, 1.54) is 11.8 Å². The Bertz CT molecular complexity index is 126. The molecule has 0 unspecified atom stereocenters. The molecule has 0 aromatic heterocycles. The maximum Gasteiger partial charge on any atom is 1.00 e. The Morgan fingerprint density at radius 3 is 2.30 bits per heavy atom. The van der Waals surface area contributed by atoms with Gasteiger partial charge in [-0.2, -0.15) is 11.8 Å². The zero-order chi connectivity index (χ0) is 7.28. The third kappa shape index (κ3) is 6.61. The summed E-state index contributed by atoms with van der Waals surface area (Å²) in [5.41, 5.74) is 0. The van der Waals surface area contributed by atoms with Crippen molar-refractivity contribution in [3.8, 4) is 0 Å². The van der Waals surface area contributed by atoms with Crippen LogP contribution in [0.5, 0.6) is 0 Å². The number of carbonyl (C=O) groups is 2. The van der Waals surface area contributed by atoms with E-state index >= 15 is 0 Å². The van der Waals surface area contributed by atoms with Crippen LogP contribution in [0.2, 0.25) is 0 Å². The zero-order valence-corrected chi connectivity index (χ0v) is 8.86. The number of ketones is 1. The molecule has 0 heterocycles. The van der Waals surface area contributed by atoms with Crippen molar-refractivity contribution < 1.29 is 44.3 Å². The van der Waals surface area contributed by atoms with Gasteiger partial charge in [0.1, 0.15) is 5.97 Å². The second kappa shape index (κ2) is 7.60. The number of thioether (sulfide) groups is 1. The van der Waals surface area contributed by atoms with Gasteiger partial charge in [0, 0.05) is 12.2 Å². The van der Waals surface area contributed by atoms with Crippen LogP contribution in [-0.2, 0) is 9.59 Å². The Morgan fingerprint density at radius 1 is 1.50 bits per heavy atom.